The lowest BCUT2D eigenvalue weighted by Crippen LogP contribution is -2.31. The van der Waals surface area contributed by atoms with Gasteiger partial charge in [0.25, 0.3) is 0 Å². The molecule has 4 heteroatoms. The van der Waals surface area contributed by atoms with Crippen LogP contribution in [0, 0.1) is 5.92 Å². The summed E-state index contributed by atoms with van der Waals surface area (Å²) in [5, 5.41) is 1.35. The lowest BCUT2D eigenvalue weighted by molar-refractivity contribution is 0.262. The van der Waals surface area contributed by atoms with E-state index < -0.39 is 0 Å². The highest BCUT2D eigenvalue weighted by Gasteiger charge is 2.23. The molecule has 1 aromatic carbocycles. The van der Waals surface area contributed by atoms with E-state index in [4.69, 9.17) is 29.0 Å². The molecule has 0 amide bonds. The summed E-state index contributed by atoms with van der Waals surface area (Å²) in [6.45, 7) is 0. The first kappa shape index (κ1) is 12.2. The number of nitrogens with two attached hydrogens (primary N) is 1. The quantitative estimate of drug-likeness (QED) is 0.639. The molecule has 1 aliphatic rings. The minimum atomic E-state index is 0.134. The Kier molecular flexibility index (Phi) is 4.09. The highest BCUT2D eigenvalue weighted by atomic mass is 35.5. The monoisotopic (exact) mass is 258 g/mol. The molecule has 0 saturated heterocycles. The minimum absolute atomic E-state index is 0.134. The summed E-state index contributed by atoms with van der Waals surface area (Å²) >= 11 is 12.0. The van der Waals surface area contributed by atoms with Crippen LogP contribution in [0.1, 0.15) is 37.3 Å². The molecule has 0 spiro atoms. The normalized spacial score (nSPS) is 18.2. The van der Waals surface area contributed by atoms with Gasteiger partial charge in [0.05, 0.1) is 0 Å². The second kappa shape index (κ2) is 5.37. The van der Waals surface area contributed by atoms with Gasteiger partial charge in [0.1, 0.15) is 0 Å². The van der Waals surface area contributed by atoms with Gasteiger partial charge in [0, 0.05) is 16.1 Å². The summed E-state index contributed by atoms with van der Waals surface area (Å²) in [4.78, 5) is 0. The van der Waals surface area contributed by atoms with Crippen molar-refractivity contribution in [1.82, 2.24) is 5.43 Å². The molecule has 16 heavy (non-hydrogen) atoms. The summed E-state index contributed by atoms with van der Waals surface area (Å²) in [6, 6.07) is 5.71. The number of halogens is 2. The van der Waals surface area contributed by atoms with E-state index >= 15 is 0 Å². The molecule has 2 rings (SSSR count). The second-order valence-corrected chi connectivity index (χ2v) is 5.26. The van der Waals surface area contributed by atoms with Crippen molar-refractivity contribution in [3.05, 3.63) is 33.8 Å². The molecule has 0 heterocycles. The van der Waals surface area contributed by atoms with Crippen LogP contribution in [-0.4, -0.2) is 0 Å². The van der Waals surface area contributed by atoms with Crippen molar-refractivity contribution in [3.63, 3.8) is 0 Å². The van der Waals surface area contributed by atoms with E-state index in [0.717, 1.165) is 17.9 Å². The van der Waals surface area contributed by atoms with Gasteiger partial charge in [-0.25, -0.2) is 0 Å². The molecule has 1 unspecified atom stereocenters. The molecule has 1 saturated carbocycles. The number of rotatable bonds is 4. The molecule has 1 atom stereocenters. The van der Waals surface area contributed by atoms with E-state index in [1.165, 1.54) is 19.3 Å². The Morgan fingerprint density at radius 1 is 1.38 bits per heavy atom. The van der Waals surface area contributed by atoms with E-state index in [1.807, 2.05) is 12.1 Å². The Hall–Kier alpha value is -0.280. The van der Waals surface area contributed by atoms with E-state index in [1.54, 1.807) is 6.07 Å². The van der Waals surface area contributed by atoms with Crippen molar-refractivity contribution < 1.29 is 0 Å². The predicted molar refractivity (Wildman–Crippen MR) is 68.5 cm³/mol. The summed E-state index contributed by atoms with van der Waals surface area (Å²) < 4.78 is 0. The highest BCUT2D eigenvalue weighted by Crippen LogP contribution is 2.36. The van der Waals surface area contributed by atoms with Gasteiger partial charge in [0.15, 0.2) is 0 Å². The van der Waals surface area contributed by atoms with Gasteiger partial charge >= 0.3 is 0 Å². The first-order chi connectivity index (χ1) is 7.70. The first-order valence-corrected chi connectivity index (χ1v) is 6.37. The molecular weight excluding hydrogens is 243 g/mol. The Morgan fingerprint density at radius 2 is 2.12 bits per heavy atom. The van der Waals surface area contributed by atoms with Crippen LogP contribution in [0.5, 0.6) is 0 Å². The molecule has 88 valence electrons. The fourth-order valence-corrected chi connectivity index (χ4v) is 2.67. The topological polar surface area (TPSA) is 38.0 Å². The zero-order valence-electron chi connectivity index (χ0n) is 9.05. The van der Waals surface area contributed by atoms with Gasteiger partial charge in [-0.15, -0.1) is 0 Å². The summed E-state index contributed by atoms with van der Waals surface area (Å²) in [5.74, 6) is 6.38. The lowest BCUT2D eigenvalue weighted by atomic mass is 9.80. The molecule has 2 nitrogen and oxygen atoms in total. The van der Waals surface area contributed by atoms with Crippen LogP contribution in [0.15, 0.2) is 18.2 Å². The van der Waals surface area contributed by atoms with Gasteiger partial charge in [-0.3, -0.25) is 11.3 Å². The zero-order valence-corrected chi connectivity index (χ0v) is 10.6. The van der Waals surface area contributed by atoms with Gasteiger partial charge in [-0.1, -0.05) is 48.5 Å². The third kappa shape index (κ3) is 2.69. The summed E-state index contributed by atoms with van der Waals surface area (Å²) in [7, 11) is 0. The van der Waals surface area contributed by atoms with Crippen molar-refractivity contribution in [2.45, 2.75) is 31.7 Å². The van der Waals surface area contributed by atoms with Crippen molar-refractivity contribution in [3.8, 4) is 0 Å². The van der Waals surface area contributed by atoms with Gasteiger partial charge in [-0.2, -0.15) is 0 Å². The maximum atomic E-state index is 6.17. The Morgan fingerprint density at radius 3 is 2.62 bits per heavy atom. The van der Waals surface area contributed by atoms with Crippen LogP contribution in [0.4, 0.5) is 0 Å². The van der Waals surface area contributed by atoms with Crippen LogP contribution in [0.2, 0.25) is 10.0 Å². The van der Waals surface area contributed by atoms with E-state index in [0.29, 0.717) is 10.0 Å². The molecular formula is C12H16Cl2N2. The summed E-state index contributed by atoms with van der Waals surface area (Å²) in [5.41, 5.74) is 3.89. The van der Waals surface area contributed by atoms with Crippen LogP contribution < -0.4 is 11.3 Å². The van der Waals surface area contributed by atoms with Gasteiger partial charge in [-0.05, 0) is 30.0 Å². The van der Waals surface area contributed by atoms with Crippen molar-refractivity contribution in [1.29, 1.82) is 0 Å². The molecule has 1 aliphatic carbocycles. The first-order valence-electron chi connectivity index (χ1n) is 5.62. The van der Waals surface area contributed by atoms with Gasteiger partial charge < -0.3 is 0 Å². The average molecular weight is 259 g/mol. The largest absolute Gasteiger partial charge is 0.271 e. The Balaban J connectivity index is 2.11. The fourth-order valence-electron chi connectivity index (χ4n) is 2.13. The Labute approximate surface area is 106 Å². The van der Waals surface area contributed by atoms with E-state index in [9.17, 15) is 0 Å². The minimum Gasteiger partial charge on any atom is -0.271 e. The molecule has 1 aromatic rings. The van der Waals surface area contributed by atoms with E-state index in [2.05, 4.69) is 5.43 Å². The maximum absolute atomic E-state index is 6.17. The zero-order chi connectivity index (χ0) is 11.5. The number of benzene rings is 1. The highest BCUT2D eigenvalue weighted by molar-refractivity contribution is 6.35. The Bertz CT molecular complexity index is 364. The fraction of sp³-hybridized carbons (Fsp3) is 0.500. The van der Waals surface area contributed by atoms with Crippen LogP contribution in [0.25, 0.3) is 0 Å². The van der Waals surface area contributed by atoms with Crippen molar-refractivity contribution >= 4 is 23.2 Å². The smallest absolute Gasteiger partial charge is 0.0477 e. The molecule has 0 radical (unpaired) electrons. The van der Waals surface area contributed by atoms with Crippen LogP contribution >= 0.6 is 23.2 Å². The predicted octanol–water partition coefficient (Wildman–Crippen LogP) is 3.69. The maximum Gasteiger partial charge on any atom is 0.0477 e. The number of hydrazine groups is 1. The van der Waals surface area contributed by atoms with Crippen LogP contribution in [0.3, 0.4) is 0 Å². The third-order valence-electron chi connectivity index (χ3n) is 3.33. The molecule has 0 aromatic heterocycles. The molecule has 0 aliphatic heterocycles. The average Bonchev–Trinajstić information content (AvgIpc) is 2.18. The van der Waals surface area contributed by atoms with Crippen LogP contribution in [-0.2, 0) is 0 Å². The third-order valence-corrected chi connectivity index (χ3v) is 3.90. The van der Waals surface area contributed by atoms with E-state index in [-0.39, 0.29) is 6.04 Å². The summed E-state index contributed by atoms with van der Waals surface area (Å²) in [6.07, 6.45) is 5.01. The standard InChI is InChI=1S/C12H16Cl2N2/c13-9-4-5-10(11(14)7-9)12(16-15)6-8-2-1-3-8/h4-5,7-8,12,16H,1-3,6,15H2. The lowest BCUT2D eigenvalue weighted by Gasteiger charge is -2.29. The second-order valence-electron chi connectivity index (χ2n) is 4.42. The van der Waals surface area contributed by atoms with Crippen molar-refractivity contribution in [2.24, 2.45) is 11.8 Å². The number of hydrogen-bond donors (Lipinski definition) is 2. The SMILES string of the molecule is NNC(CC1CCC1)c1ccc(Cl)cc1Cl. The van der Waals surface area contributed by atoms with Crippen molar-refractivity contribution in [2.75, 3.05) is 0 Å². The molecule has 1 fully saturated rings. The number of nitrogens with one attached hydrogen (secondary N) is 1. The van der Waals surface area contributed by atoms with Gasteiger partial charge in [0.2, 0.25) is 0 Å². The molecule has 0 bridgehead atoms. The number of hydrogen-bond acceptors (Lipinski definition) is 2. The molecule has 3 N–H and O–H groups in total.